The van der Waals surface area contributed by atoms with Gasteiger partial charge in [-0.3, -0.25) is 9.59 Å². The van der Waals surface area contributed by atoms with E-state index in [1.165, 1.54) is 5.56 Å². The molecule has 1 N–H and O–H groups in total. The van der Waals surface area contributed by atoms with E-state index in [1.807, 2.05) is 53.4 Å². The average molecular weight is 350 g/mol. The zero-order chi connectivity index (χ0) is 18.4. The SMILES string of the molecule is CC1Cc2ccccc2N1C(=O)CCCCCNC(=O)c1ccccc1. The summed E-state index contributed by atoms with van der Waals surface area (Å²) in [6.45, 7) is 2.75. The molecule has 0 aliphatic carbocycles. The fourth-order valence-electron chi connectivity index (χ4n) is 3.54. The molecule has 136 valence electrons. The molecule has 0 aromatic heterocycles. The van der Waals surface area contributed by atoms with Crippen molar-refractivity contribution in [2.75, 3.05) is 11.4 Å². The van der Waals surface area contributed by atoms with Crippen molar-refractivity contribution < 1.29 is 9.59 Å². The number of carbonyl (C=O) groups is 2. The van der Waals surface area contributed by atoms with Gasteiger partial charge in [-0.05, 0) is 49.9 Å². The van der Waals surface area contributed by atoms with Crippen LogP contribution in [0.5, 0.6) is 0 Å². The summed E-state index contributed by atoms with van der Waals surface area (Å²) < 4.78 is 0. The number of rotatable bonds is 7. The lowest BCUT2D eigenvalue weighted by molar-refractivity contribution is -0.119. The summed E-state index contributed by atoms with van der Waals surface area (Å²) in [5.41, 5.74) is 3.02. The summed E-state index contributed by atoms with van der Waals surface area (Å²) in [7, 11) is 0. The quantitative estimate of drug-likeness (QED) is 0.769. The topological polar surface area (TPSA) is 49.4 Å². The van der Waals surface area contributed by atoms with Gasteiger partial charge in [0.1, 0.15) is 0 Å². The summed E-state index contributed by atoms with van der Waals surface area (Å²) in [6.07, 6.45) is 4.17. The molecule has 1 heterocycles. The lowest BCUT2D eigenvalue weighted by Crippen LogP contribution is -2.35. The van der Waals surface area contributed by atoms with Crippen molar-refractivity contribution in [3.8, 4) is 0 Å². The molecule has 1 atom stereocenters. The minimum atomic E-state index is -0.0378. The smallest absolute Gasteiger partial charge is 0.251 e. The summed E-state index contributed by atoms with van der Waals surface area (Å²) in [5, 5.41) is 2.93. The Hall–Kier alpha value is -2.62. The van der Waals surface area contributed by atoms with E-state index in [-0.39, 0.29) is 17.9 Å². The van der Waals surface area contributed by atoms with Crippen LogP contribution in [0.25, 0.3) is 0 Å². The van der Waals surface area contributed by atoms with E-state index in [0.29, 0.717) is 18.5 Å². The molecule has 0 radical (unpaired) electrons. The Morgan fingerprint density at radius 2 is 1.73 bits per heavy atom. The van der Waals surface area contributed by atoms with Gasteiger partial charge in [-0.25, -0.2) is 0 Å². The van der Waals surface area contributed by atoms with E-state index in [0.717, 1.165) is 31.4 Å². The van der Waals surface area contributed by atoms with Crippen LogP contribution in [-0.2, 0) is 11.2 Å². The highest BCUT2D eigenvalue weighted by atomic mass is 16.2. The van der Waals surface area contributed by atoms with Crippen molar-refractivity contribution >= 4 is 17.5 Å². The second kappa shape index (κ2) is 8.65. The van der Waals surface area contributed by atoms with Gasteiger partial charge in [0.2, 0.25) is 5.91 Å². The van der Waals surface area contributed by atoms with Crippen LogP contribution in [0.3, 0.4) is 0 Å². The molecule has 0 spiro atoms. The number of para-hydroxylation sites is 1. The molecule has 1 aliphatic heterocycles. The second-order valence-corrected chi connectivity index (χ2v) is 6.88. The highest BCUT2D eigenvalue weighted by Gasteiger charge is 2.29. The van der Waals surface area contributed by atoms with E-state index in [1.54, 1.807) is 0 Å². The molecular weight excluding hydrogens is 324 g/mol. The molecule has 0 saturated carbocycles. The first-order valence-electron chi connectivity index (χ1n) is 9.40. The molecule has 4 heteroatoms. The largest absolute Gasteiger partial charge is 0.352 e. The Kier molecular flexibility index (Phi) is 6.05. The zero-order valence-electron chi connectivity index (χ0n) is 15.3. The number of nitrogens with one attached hydrogen (secondary N) is 1. The first-order valence-corrected chi connectivity index (χ1v) is 9.40. The lowest BCUT2D eigenvalue weighted by Gasteiger charge is -2.22. The Balaban J connectivity index is 1.36. The Labute approximate surface area is 155 Å². The van der Waals surface area contributed by atoms with Gasteiger partial charge in [0.15, 0.2) is 0 Å². The third-order valence-electron chi connectivity index (χ3n) is 4.86. The van der Waals surface area contributed by atoms with Gasteiger partial charge in [-0.2, -0.15) is 0 Å². The Morgan fingerprint density at radius 3 is 2.54 bits per heavy atom. The maximum atomic E-state index is 12.6. The number of benzene rings is 2. The standard InChI is InChI=1S/C22H26N2O2/c1-17-16-19-12-7-8-13-20(19)24(17)21(25)14-6-3-9-15-23-22(26)18-10-4-2-5-11-18/h2,4-5,7-8,10-13,17H,3,6,9,14-16H2,1H3,(H,23,26). The molecule has 0 saturated heterocycles. The van der Waals surface area contributed by atoms with E-state index in [2.05, 4.69) is 18.3 Å². The molecule has 2 aromatic rings. The van der Waals surface area contributed by atoms with Crippen LogP contribution in [-0.4, -0.2) is 24.4 Å². The van der Waals surface area contributed by atoms with Gasteiger partial charge in [0.25, 0.3) is 5.91 Å². The van der Waals surface area contributed by atoms with Crippen molar-refractivity contribution in [1.82, 2.24) is 5.32 Å². The van der Waals surface area contributed by atoms with Crippen LogP contribution in [0.2, 0.25) is 0 Å². The monoisotopic (exact) mass is 350 g/mol. The van der Waals surface area contributed by atoms with Gasteiger partial charge in [0.05, 0.1) is 0 Å². The second-order valence-electron chi connectivity index (χ2n) is 6.88. The predicted molar refractivity (Wildman–Crippen MR) is 104 cm³/mol. The van der Waals surface area contributed by atoms with Crippen LogP contribution in [0.1, 0.15) is 48.5 Å². The summed E-state index contributed by atoms with van der Waals surface area (Å²) >= 11 is 0. The molecule has 3 rings (SSSR count). The van der Waals surface area contributed by atoms with Crippen LogP contribution >= 0.6 is 0 Å². The molecule has 26 heavy (non-hydrogen) atoms. The van der Waals surface area contributed by atoms with Crippen molar-refractivity contribution in [3.05, 3.63) is 65.7 Å². The molecule has 0 bridgehead atoms. The summed E-state index contributed by atoms with van der Waals surface area (Å²) in [4.78, 5) is 26.5. The molecule has 2 aromatic carbocycles. The number of hydrogen-bond donors (Lipinski definition) is 1. The highest BCUT2D eigenvalue weighted by molar-refractivity contribution is 5.96. The average Bonchev–Trinajstić information content (AvgIpc) is 3.00. The highest BCUT2D eigenvalue weighted by Crippen LogP contribution is 2.32. The molecular formula is C22H26N2O2. The van der Waals surface area contributed by atoms with Crippen molar-refractivity contribution in [3.63, 3.8) is 0 Å². The predicted octanol–water partition coefficient (Wildman–Crippen LogP) is 3.95. The number of anilines is 1. The summed E-state index contributed by atoms with van der Waals surface area (Å²) in [5.74, 6) is 0.167. The van der Waals surface area contributed by atoms with Crippen LogP contribution < -0.4 is 10.2 Å². The van der Waals surface area contributed by atoms with Gasteiger partial charge >= 0.3 is 0 Å². The first-order chi connectivity index (χ1) is 12.7. The fraction of sp³-hybridized carbons (Fsp3) is 0.364. The molecule has 0 fully saturated rings. The number of hydrogen-bond acceptors (Lipinski definition) is 2. The maximum absolute atomic E-state index is 12.6. The van der Waals surface area contributed by atoms with Gasteiger partial charge in [0, 0.05) is 30.3 Å². The van der Waals surface area contributed by atoms with E-state index < -0.39 is 0 Å². The third-order valence-corrected chi connectivity index (χ3v) is 4.86. The van der Waals surface area contributed by atoms with Gasteiger partial charge in [-0.1, -0.05) is 42.8 Å². The first kappa shape index (κ1) is 18.2. The molecule has 4 nitrogen and oxygen atoms in total. The van der Waals surface area contributed by atoms with Crippen LogP contribution in [0.4, 0.5) is 5.69 Å². The molecule has 1 unspecified atom stereocenters. The number of nitrogens with zero attached hydrogens (tertiary/aromatic N) is 1. The fourth-order valence-corrected chi connectivity index (χ4v) is 3.54. The van der Waals surface area contributed by atoms with Gasteiger partial charge < -0.3 is 10.2 Å². The number of fused-ring (bicyclic) bond motifs is 1. The van der Waals surface area contributed by atoms with Crippen molar-refractivity contribution in [2.45, 2.75) is 45.1 Å². The van der Waals surface area contributed by atoms with E-state index in [4.69, 9.17) is 0 Å². The molecule has 1 aliphatic rings. The minimum Gasteiger partial charge on any atom is -0.352 e. The Morgan fingerprint density at radius 1 is 1.00 bits per heavy atom. The lowest BCUT2D eigenvalue weighted by atomic mass is 10.1. The van der Waals surface area contributed by atoms with Crippen molar-refractivity contribution in [2.24, 2.45) is 0 Å². The Bertz CT molecular complexity index is 758. The maximum Gasteiger partial charge on any atom is 0.251 e. The third kappa shape index (κ3) is 4.31. The molecule has 2 amide bonds. The van der Waals surface area contributed by atoms with E-state index in [9.17, 15) is 9.59 Å². The van der Waals surface area contributed by atoms with Crippen molar-refractivity contribution in [1.29, 1.82) is 0 Å². The number of unbranched alkanes of at least 4 members (excludes halogenated alkanes) is 2. The zero-order valence-corrected chi connectivity index (χ0v) is 15.3. The number of carbonyl (C=O) groups excluding carboxylic acids is 2. The normalized spacial score (nSPS) is 15.6. The summed E-state index contributed by atoms with van der Waals surface area (Å²) in [6, 6.07) is 17.6. The number of amides is 2. The minimum absolute atomic E-state index is 0.0378. The van der Waals surface area contributed by atoms with Crippen LogP contribution in [0.15, 0.2) is 54.6 Å². The van der Waals surface area contributed by atoms with Gasteiger partial charge in [-0.15, -0.1) is 0 Å². The van der Waals surface area contributed by atoms with Crippen LogP contribution in [0, 0.1) is 0 Å². The van der Waals surface area contributed by atoms with E-state index >= 15 is 0 Å².